The molecule has 0 bridgehead atoms. The molecule has 21 heavy (non-hydrogen) atoms. The van der Waals surface area contributed by atoms with Crippen LogP contribution in [-0.2, 0) is 11.3 Å². The zero-order valence-electron chi connectivity index (χ0n) is 11.6. The van der Waals surface area contributed by atoms with Gasteiger partial charge in [-0.25, -0.2) is 4.79 Å². The van der Waals surface area contributed by atoms with Crippen LogP contribution in [0.15, 0.2) is 24.3 Å². The minimum atomic E-state index is -0.914. The van der Waals surface area contributed by atoms with Gasteiger partial charge in [0.1, 0.15) is 4.88 Å². The van der Waals surface area contributed by atoms with Crippen LogP contribution in [0.2, 0.25) is 0 Å². The number of likely N-dealkylation sites (tertiary alicyclic amines) is 1. The number of nitrogens with one attached hydrogen (secondary N) is 1. The number of amides is 1. The summed E-state index contributed by atoms with van der Waals surface area (Å²) in [6.45, 7) is 1.14. The van der Waals surface area contributed by atoms with Gasteiger partial charge in [0.15, 0.2) is 0 Å². The second-order valence-corrected chi connectivity index (χ2v) is 6.25. The zero-order valence-corrected chi connectivity index (χ0v) is 12.4. The number of likely N-dealkylation sites (N-methyl/N-ethyl adjacent to an activating group) is 1. The van der Waals surface area contributed by atoms with Crippen LogP contribution in [0.4, 0.5) is 0 Å². The fourth-order valence-electron chi connectivity index (χ4n) is 2.68. The molecule has 0 radical (unpaired) electrons. The largest absolute Gasteiger partial charge is 0.477 e. The number of carbonyl (C=O) groups is 2. The Morgan fingerprint density at radius 2 is 2.24 bits per heavy atom. The Bertz CT molecular complexity index is 710. The fourth-order valence-corrected chi connectivity index (χ4v) is 3.74. The van der Waals surface area contributed by atoms with Gasteiger partial charge in [-0.05, 0) is 23.4 Å². The lowest BCUT2D eigenvalue weighted by Crippen LogP contribution is -2.36. The Balaban J connectivity index is 1.87. The van der Waals surface area contributed by atoms with Crippen molar-refractivity contribution in [2.45, 2.75) is 19.0 Å². The van der Waals surface area contributed by atoms with Crippen LogP contribution in [0.25, 0.3) is 10.1 Å². The number of carbonyl (C=O) groups excluding carboxylic acids is 1. The van der Waals surface area contributed by atoms with E-state index in [1.165, 1.54) is 11.3 Å². The smallest absolute Gasteiger partial charge is 0.346 e. The van der Waals surface area contributed by atoms with Crippen LogP contribution in [-0.4, -0.2) is 41.5 Å². The van der Waals surface area contributed by atoms with E-state index in [1.807, 2.05) is 24.3 Å². The summed E-state index contributed by atoms with van der Waals surface area (Å²) in [7, 11) is 1.78. The Morgan fingerprint density at radius 1 is 1.48 bits per heavy atom. The second kappa shape index (κ2) is 5.46. The lowest BCUT2D eigenvalue weighted by molar-refractivity contribution is -0.128. The number of aromatic carboxylic acids is 1. The van der Waals surface area contributed by atoms with E-state index in [9.17, 15) is 14.7 Å². The van der Waals surface area contributed by atoms with E-state index < -0.39 is 5.97 Å². The predicted octanol–water partition coefficient (Wildman–Crippen LogP) is 1.92. The summed E-state index contributed by atoms with van der Waals surface area (Å²) in [4.78, 5) is 25.4. The number of carboxylic acids is 1. The molecule has 1 aliphatic rings. The monoisotopic (exact) mass is 304 g/mol. The summed E-state index contributed by atoms with van der Waals surface area (Å²) >= 11 is 1.28. The van der Waals surface area contributed by atoms with Crippen molar-refractivity contribution in [3.63, 3.8) is 0 Å². The zero-order chi connectivity index (χ0) is 15.0. The maximum Gasteiger partial charge on any atom is 0.346 e. The molecular weight excluding hydrogens is 288 g/mol. The average molecular weight is 304 g/mol. The maximum absolute atomic E-state index is 11.9. The molecule has 1 aliphatic heterocycles. The summed E-state index contributed by atoms with van der Waals surface area (Å²) in [6, 6.07) is 7.44. The lowest BCUT2D eigenvalue weighted by Gasteiger charge is -2.12. The van der Waals surface area contributed by atoms with Crippen LogP contribution in [0.5, 0.6) is 0 Å². The van der Waals surface area contributed by atoms with Crippen molar-refractivity contribution in [3.05, 3.63) is 34.7 Å². The normalized spacial score (nSPS) is 18.6. The molecule has 1 unspecified atom stereocenters. The lowest BCUT2D eigenvalue weighted by atomic mass is 10.1. The van der Waals surface area contributed by atoms with Gasteiger partial charge in [0.25, 0.3) is 0 Å². The summed E-state index contributed by atoms with van der Waals surface area (Å²) in [6.07, 6.45) is 0.764. The van der Waals surface area contributed by atoms with Gasteiger partial charge in [-0.3, -0.25) is 4.79 Å². The first-order valence-electron chi connectivity index (χ1n) is 6.80. The number of hydrogen-bond donors (Lipinski definition) is 2. The number of nitrogens with zero attached hydrogens (tertiary/aromatic N) is 1. The number of rotatable bonds is 4. The van der Waals surface area contributed by atoms with Crippen molar-refractivity contribution in [3.8, 4) is 0 Å². The number of carboxylic acid groups (broad SMARTS) is 1. The van der Waals surface area contributed by atoms with Crippen LogP contribution in [0.1, 0.15) is 21.7 Å². The third-order valence-corrected chi connectivity index (χ3v) is 5.05. The summed E-state index contributed by atoms with van der Waals surface area (Å²) in [5.74, 6) is -0.839. The SMILES string of the molecule is CN1CCC(NCc2c(C(=O)O)sc3ccccc23)C1=O. The highest BCUT2D eigenvalue weighted by atomic mass is 32.1. The molecule has 1 aromatic carbocycles. The van der Waals surface area contributed by atoms with Crippen molar-refractivity contribution in [1.82, 2.24) is 10.2 Å². The highest BCUT2D eigenvalue weighted by Crippen LogP contribution is 2.31. The summed E-state index contributed by atoms with van der Waals surface area (Å²) in [5, 5.41) is 13.5. The van der Waals surface area contributed by atoms with Crippen LogP contribution in [0.3, 0.4) is 0 Å². The number of benzene rings is 1. The molecule has 6 heteroatoms. The molecular formula is C15H16N2O3S. The summed E-state index contributed by atoms with van der Waals surface area (Å²) in [5.41, 5.74) is 0.769. The van der Waals surface area contributed by atoms with E-state index >= 15 is 0 Å². The van der Waals surface area contributed by atoms with Crippen molar-refractivity contribution >= 4 is 33.3 Å². The molecule has 1 amide bonds. The fraction of sp³-hybridized carbons (Fsp3) is 0.333. The van der Waals surface area contributed by atoms with Crippen LogP contribution in [0, 0.1) is 0 Å². The van der Waals surface area contributed by atoms with Crippen molar-refractivity contribution in [2.24, 2.45) is 0 Å². The Labute approximate surface area is 126 Å². The Morgan fingerprint density at radius 3 is 2.90 bits per heavy atom. The number of thiophene rings is 1. The van der Waals surface area contributed by atoms with Gasteiger partial charge in [0.05, 0.1) is 6.04 Å². The van der Waals surface area contributed by atoms with E-state index in [1.54, 1.807) is 11.9 Å². The standard InChI is InChI=1S/C15H16N2O3S/c1-17-7-6-11(14(17)18)16-8-10-9-4-2-3-5-12(9)21-13(10)15(19)20/h2-5,11,16H,6-8H2,1H3,(H,19,20). The minimum absolute atomic E-state index is 0.0754. The molecule has 0 spiro atoms. The molecule has 0 aliphatic carbocycles. The van der Waals surface area contributed by atoms with Crippen molar-refractivity contribution in [2.75, 3.05) is 13.6 Å². The highest BCUT2D eigenvalue weighted by Gasteiger charge is 2.29. The number of hydrogen-bond acceptors (Lipinski definition) is 4. The molecule has 0 saturated carbocycles. The second-order valence-electron chi connectivity index (χ2n) is 5.19. The number of fused-ring (bicyclic) bond motifs is 1. The molecule has 3 rings (SSSR count). The molecule has 1 saturated heterocycles. The molecule has 1 aromatic heterocycles. The third-order valence-electron chi connectivity index (χ3n) is 3.85. The van der Waals surface area contributed by atoms with E-state index in [-0.39, 0.29) is 11.9 Å². The first-order valence-corrected chi connectivity index (χ1v) is 7.61. The minimum Gasteiger partial charge on any atom is -0.477 e. The quantitative estimate of drug-likeness (QED) is 0.905. The van der Waals surface area contributed by atoms with Gasteiger partial charge in [-0.15, -0.1) is 11.3 Å². The Hall–Kier alpha value is -1.92. The van der Waals surface area contributed by atoms with Gasteiger partial charge >= 0.3 is 5.97 Å². The molecule has 1 fully saturated rings. The van der Waals surface area contributed by atoms with Crippen molar-refractivity contribution in [1.29, 1.82) is 0 Å². The van der Waals surface area contributed by atoms with E-state index in [4.69, 9.17) is 0 Å². The van der Waals surface area contributed by atoms with E-state index in [2.05, 4.69) is 5.32 Å². The van der Waals surface area contributed by atoms with Crippen LogP contribution < -0.4 is 5.32 Å². The first-order chi connectivity index (χ1) is 10.1. The maximum atomic E-state index is 11.9. The molecule has 2 aromatic rings. The van der Waals surface area contributed by atoms with Gasteiger partial charge < -0.3 is 15.3 Å². The Kier molecular flexibility index (Phi) is 3.65. The van der Waals surface area contributed by atoms with E-state index in [0.717, 1.165) is 28.6 Å². The molecule has 110 valence electrons. The molecule has 2 N–H and O–H groups in total. The van der Waals surface area contributed by atoms with Crippen LogP contribution >= 0.6 is 11.3 Å². The van der Waals surface area contributed by atoms with Gasteiger partial charge in [-0.2, -0.15) is 0 Å². The molecule has 1 atom stereocenters. The average Bonchev–Trinajstić information content (AvgIpc) is 2.99. The first kappa shape index (κ1) is 14.0. The molecule has 5 nitrogen and oxygen atoms in total. The topological polar surface area (TPSA) is 69.6 Å². The molecule has 2 heterocycles. The van der Waals surface area contributed by atoms with Gasteiger partial charge in [-0.1, -0.05) is 18.2 Å². The van der Waals surface area contributed by atoms with Crippen molar-refractivity contribution < 1.29 is 14.7 Å². The van der Waals surface area contributed by atoms with Gasteiger partial charge in [0.2, 0.25) is 5.91 Å². The van der Waals surface area contributed by atoms with Gasteiger partial charge in [0, 0.05) is 24.8 Å². The predicted molar refractivity (Wildman–Crippen MR) is 81.7 cm³/mol. The highest BCUT2D eigenvalue weighted by molar-refractivity contribution is 7.21. The third kappa shape index (κ3) is 2.52. The summed E-state index contributed by atoms with van der Waals surface area (Å²) < 4.78 is 0.960. The van der Waals surface area contributed by atoms with E-state index in [0.29, 0.717) is 11.4 Å².